The molecule has 4 aliphatic rings. The van der Waals surface area contributed by atoms with E-state index in [4.69, 9.17) is 9.15 Å². The largest absolute Gasteiger partial charge is 0.462 e. The van der Waals surface area contributed by atoms with E-state index in [9.17, 15) is 5.11 Å². The first-order chi connectivity index (χ1) is 6.38. The molecule has 1 saturated heterocycles. The van der Waals surface area contributed by atoms with Gasteiger partial charge in [-0.25, -0.2) is 0 Å². The van der Waals surface area contributed by atoms with Gasteiger partial charge in [0.2, 0.25) is 0 Å². The van der Waals surface area contributed by atoms with Crippen LogP contribution in [-0.2, 0) is 10.3 Å². The van der Waals surface area contributed by atoms with E-state index in [1.807, 2.05) is 0 Å². The number of hydrogen-bond acceptors (Lipinski definition) is 3. The predicted octanol–water partition coefficient (Wildman–Crippen LogP) is 0.789. The molecule has 66 valence electrons. The number of fused-ring (bicyclic) bond motifs is 2. The number of hydrogen-bond donors (Lipinski definition) is 1. The Balaban J connectivity index is 1.96. The molecule has 1 N–H and O–H groups in total. The highest BCUT2D eigenvalue weighted by atomic mass is 16.5. The fourth-order valence-electron chi connectivity index (χ4n) is 3.84. The van der Waals surface area contributed by atoms with Crippen LogP contribution in [0.1, 0.15) is 40.4 Å². The lowest BCUT2D eigenvalue weighted by molar-refractivity contribution is -0.181. The maximum absolute atomic E-state index is 9.38. The lowest BCUT2D eigenvalue weighted by Crippen LogP contribution is -2.62. The van der Waals surface area contributed by atoms with Crippen molar-refractivity contribution in [2.45, 2.75) is 23.4 Å². The van der Waals surface area contributed by atoms with E-state index in [2.05, 4.69) is 0 Å². The van der Waals surface area contributed by atoms with Gasteiger partial charge in [-0.2, -0.15) is 0 Å². The second-order valence-corrected chi connectivity index (χ2v) is 4.59. The Morgan fingerprint density at radius 1 is 1.46 bits per heavy atom. The highest BCUT2D eigenvalue weighted by Crippen LogP contribution is 2.80. The maximum Gasteiger partial charge on any atom is 0.156 e. The molecule has 1 aromatic heterocycles. The fourth-order valence-corrected chi connectivity index (χ4v) is 3.84. The molecule has 4 atom stereocenters. The van der Waals surface area contributed by atoms with Crippen LogP contribution >= 0.6 is 0 Å². The van der Waals surface area contributed by atoms with E-state index in [0.29, 0.717) is 17.8 Å². The molecule has 0 aromatic carbocycles. The third kappa shape index (κ3) is 0.300. The van der Waals surface area contributed by atoms with E-state index in [1.165, 1.54) is 16.9 Å². The van der Waals surface area contributed by atoms with Crippen molar-refractivity contribution in [1.82, 2.24) is 0 Å². The first-order valence-corrected chi connectivity index (χ1v) is 4.80. The van der Waals surface area contributed by atoms with Crippen LogP contribution in [-0.4, -0.2) is 18.3 Å². The first kappa shape index (κ1) is 5.83. The van der Waals surface area contributed by atoms with Crippen LogP contribution in [0.3, 0.4) is 0 Å². The zero-order valence-corrected chi connectivity index (χ0v) is 6.91. The van der Waals surface area contributed by atoms with Gasteiger partial charge in [0, 0.05) is 28.9 Å². The van der Waals surface area contributed by atoms with Gasteiger partial charge in [-0.3, -0.25) is 0 Å². The molecule has 1 fully saturated rings. The molecule has 13 heavy (non-hydrogen) atoms. The SMILES string of the molecule is OCC12OCC3c4oc1c1c4C3C12. The van der Waals surface area contributed by atoms with Gasteiger partial charge in [0.1, 0.15) is 11.5 Å². The van der Waals surface area contributed by atoms with E-state index in [1.54, 1.807) is 0 Å². The Labute approximate surface area is 74.3 Å². The van der Waals surface area contributed by atoms with Gasteiger partial charge < -0.3 is 14.3 Å². The number of furan rings is 1. The van der Waals surface area contributed by atoms with Crippen molar-refractivity contribution in [2.24, 2.45) is 0 Å². The first-order valence-electron chi connectivity index (χ1n) is 4.80. The van der Waals surface area contributed by atoms with Crippen LogP contribution in [0.25, 0.3) is 0 Å². The Morgan fingerprint density at radius 3 is 3.23 bits per heavy atom. The van der Waals surface area contributed by atoms with Crippen LogP contribution in [0, 0.1) is 0 Å². The average molecular weight is 176 g/mol. The molecule has 0 bridgehead atoms. The lowest BCUT2D eigenvalue weighted by Gasteiger charge is -2.63. The predicted molar refractivity (Wildman–Crippen MR) is 41.6 cm³/mol. The molecule has 0 spiro atoms. The Kier molecular flexibility index (Phi) is 0.573. The summed E-state index contributed by atoms with van der Waals surface area (Å²) in [5.41, 5.74) is 2.43. The van der Waals surface area contributed by atoms with Crippen molar-refractivity contribution >= 4 is 0 Å². The van der Waals surface area contributed by atoms with Gasteiger partial charge in [-0.1, -0.05) is 0 Å². The van der Waals surface area contributed by atoms with Crippen molar-refractivity contribution in [1.29, 1.82) is 0 Å². The van der Waals surface area contributed by atoms with Crippen molar-refractivity contribution in [3.8, 4) is 0 Å². The quantitative estimate of drug-likeness (QED) is 0.687. The summed E-state index contributed by atoms with van der Waals surface area (Å²) in [7, 11) is 0. The number of aliphatic hydroxyl groups is 1. The minimum atomic E-state index is -0.418. The summed E-state index contributed by atoms with van der Waals surface area (Å²) in [4.78, 5) is 0. The Hall–Kier alpha value is -0.800. The van der Waals surface area contributed by atoms with E-state index < -0.39 is 5.60 Å². The van der Waals surface area contributed by atoms with Crippen LogP contribution in [0.15, 0.2) is 4.42 Å². The second kappa shape index (κ2) is 1.28. The zero-order valence-electron chi connectivity index (χ0n) is 6.91. The topological polar surface area (TPSA) is 42.6 Å². The van der Waals surface area contributed by atoms with E-state index in [-0.39, 0.29) is 6.61 Å². The van der Waals surface area contributed by atoms with Crippen LogP contribution in [0.2, 0.25) is 0 Å². The van der Waals surface area contributed by atoms with Gasteiger partial charge in [-0.05, 0) is 0 Å². The van der Waals surface area contributed by atoms with Gasteiger partial charge in [-0.15, -0.1) is 0 Å². The molecule has 1 aliphatic heterocycles. The van der Waals surface area contributed by atoms with Gasteiger partial charge in [0.15, 0.2) is 5.60 Å². The highest BCUT2D eigenvalue weighted by molar-refractivity contribution is 5.69. The molecule has 3 aliphatic carbocycles. The summed E-state index contributed by atoms with van der Waals surface area (Å²) in [5, 5.41) is 9.38. The summed E-state index contributed by atoms with van der Waals surface area (Å²) in [6.07, 6.45) is 0. The monoisotopic (exact) mass is 176 g/mol. The molecule has 0 saturated carbocycles. The fraction of sp³-hybridized carbons (Fsp3) is 0.600. The van der Waals surface area contributed by atoms with Gasteiger partial charge in [0.25, 0.3) is 0 Å². The lowest BCUT2D eigenvalue weighted by atomic mass is 9.43. The smallest absolute Gasteiger partial charge is 0.156 e. The Bertz CT molecular complexity index is 461. The van der Waals surface area contributed by atoms with Crippen molar-refractivity contribution in [2.75, 3.05) is 13.2 Å². The minimum Gasteiger partial charge on any atom is -0.462 e. The van der Waals surface area contributed by atoms with E-state index in [0.717, 1.165) is 12.4 Å². The molecule has 3 nitrogen and oxygen atoms in total. The summed E-state index contributed by atoms with van der Waals surface area (Å²) < 4.78 is 11.5. The zero-order chi connectivity index (χ0) is 8.37. The molecule has 1 aromatic rings. The molecule has 2 heterocycles. The molecule has 3 heteroatoms. The van der Waals surface area contributed by atoms with Crippen molar-refractivity contribution in [3.63, 3.8) is 0 Å². The summed E-state index contributed by atoms with van der Waals surface area (Å²) in [5.74, 6) is 3.79. The van der Waals surface area contributed by atoms with Crippen molar-refractivity contribution < 1.29 is 14.3 Å². The Morgan fingerprint density at radius 2 is 2.38 bits per heavy atom. The summed E-state index contributed by atoms with van der Waals surface area (Å²) in [6.45, 7) is 0.831. The average Bonchev–Trinajstić information content (AvgIpc) is 2.29. The summed E-state index contributed by atoms with van der Waals surface area (Å²) in [6, 6.07) is 0. The molecular weight excluding hydrogens is 168 g/mol. The number of rotatable bonds is 1. The molecule has 4 unspecified atom stereocenters. The van der Waals surface area contributed by atoms with Crippen molar-refractivity contribution in [3.05, 3.63) is 22.6 Å². The molecule has 5 rings (SSSR count). The standard InChI is InChI=1S/C10H8O3/c11-2-10-7-4-3(1-12-10)8-5(4)6(7)9(10)13-8/h3-4,7,11H,1-2H2. The van der Waals surface area contributed by atoms with Crippen LogP contribution in [0.4, 0.5) is 0 Å². The summed E-state index contributed by atoms with van der Waals surface area (Å²) >= 11 is 0. The van der Waals surface area contributed by atoms with Gasteiger partial charge in [0.05, 0.1) is 13.2 Å². The molecule has 0 amide bonds. The second-order valence-electron chi connectivity index (χ2n) is 4.59. The van der Waals surface area contributed by atoms with Crippen LogP contribution in [0.5, 0.6) is 0 Å². The molecular formula is C10H8O3. The van der Waals surface area contributed by atoms with Crippen LogP contribution < -0.4 is 0 Å². The minimum absolute atomic E-state index is 0.0836. The maximum atomic E-state index is 9.38. The van der Waals surface area contributed by atoms with Gasteiger partial charge >= 0.3 is 0 Å². The number of aliphatic hydroxyl groups excluding tert-OH is 1. The third-order valence-electron chi connectivity index (χ3n) is 4.43. The number of ether oxygens (including phenoxy) is 1. The normalized spacial score (nSPS) is 50.7. The highest BCUT2D eigenvalue weighted by Gasteiger charge is 2.76. The third-order valence-corrected chi connectivity index (χ3v) is 4.43. The molecule has 0 radical (unpaired) electrons. The van der Waals surface area contributed by atoms with E-state index >= 15 is 0 Å².